The van der Waals surface area contributed by atoms with Gasteiger partial charge in [-0.3, -0.25) is 4.98 Å². The minimum Gasteiger partial charge on any atom is -0.324 e. The van der Waals surface area contributed by atoms with Crippen molar-refractivity contribution in [3.05, 3.63) is 42.1 Å². The number of aromatic nitrogens is 1. The Bertz CT molecular complexity index is 437. The van der Waals surface area contributed by atoms with E-state index in [-0.39, 0.29) is 6.04 Å². The SMILES string of the molecule is CC[C@H](N)c1cnc2ccccc2c1. The zero-order chi connectivity index (χ0) is 9.97. The lowest BCUT2D eigenvalue weighted by atomic mass is 10.1. The van der Waals surface area contributed by atoms with Gasteiger partial charge in [-0.05, 0) is 24.1 Å². The average molecular weight is 186 g/mol. The fraction of sp³-hybridized carbons (Fsp3) is 0.250. The summed E-state index contributed by atoms with van der Waals surface area (Å²) in [7, 11) is 0. The van der Waals surface area contributed by atoms with Crippen LogP contribution in [0.25, 0.3) is 10.9 Å². The van der Waals surface area contributed by atoms with Crippen LogP contribution in [0.15, 0.2) is 36.5 Å². The summed E-state index contributed by atoms with van der Waals surface area (Å²) in [5.41, 5.74) is 8.09. The van der Waals surface area contributed by atoms with Gasteiger partial charge in [-0.1, -0.05) is 25.1 Å². The number of hydrogen-bond donors (Lipinski definition) is 1. The standard InChI is InChI=1S/C12H14N2/c1-2-11(13)10-7-9-5-3-4-6-12(9)14-8-10/h3-8,11H,2,13H2,1H3/t11-/m0/s1. The molecule has 2 rings (SSSR count). The summed E-state index contributed by atoms with van der Waals surface area (Å²) in [6, 6.07) is 10.3. The Morgan fingerprint density at radius 2 is 2.14 bits per heavy atom. The van der Waals surface area contributed by atoms with E-state index in [9.17, 15) is 0 Å². The van der Waals surface area contributed by atoms with E-state index in [0.717, 1.165) is 22.9 Å². The molecule has 1 aromatic heterocycles. The molecule has 1 atom stereocenters. The van der Waals surface area contributed by atoms with Gasteiger partial charge in [0.25, 0.3) is 0 Å². The zero-order valence-corrected chi connectivity index (χ0v) is 8.27. The summed E-state index contributed by atoms with van der Waals surface area (Å²) in [6.07, 6.45) is 2.82. The van der Waals surface area contributed by atoms with Crippen molar-refractivity contribution in [1.29, 1.82) is 0 Å². The molecule has 2 heteroatoms. The summed E-state index contributed by atoms with van der Waals surface area (Å²) in [5, 5.41) is 1.16. The lowest BCUT2D eigenvalue weighted by molar-refractivity contribution is 0.697. The topological polar surface area (TPSA) is 38.9 Å². The second kappa shape index (κ2) is 3.76. The average Bonchev–Trinajstić information content (AvgIpc) is 2.27. The summed E-state index contributed by atoms with van der Waals surface area (Å²) in [4.78, 5) is 4.37. The molecular weight excluding hydrogens is 172 g/mol. The molecule has 0 aliphatic heterocycles. The highest BCUT2D eigenvalue weighted by Gasteiger charge is 2.03. The monoisotopic (exact) mass is 186 g/mol. The molecule has 2 aromatic rings. The predicted octanol–water partition coefficient (Wildman–Crippen LogP) is 2.64. The predicted molar refractivity (Wildman–Crippen MR) is 59.0 cm³/mol. The summed E-state index contributed by atoms with van der Waals surface area (Å²) < 4.78 is 0. The van der Waals surface area contributed by atoms with Crippen molar-refractivity contribution in [3.8, 4) is 0 Å². The Kier molecular flexibility index (Phi) is 2.46. The largest absolute Gasteiger partial charge is 0.324 e. The molecule has 1 aromatic carbocycles. The van der Waals surface area contributed by atoms with Gasteiger partial charge in [0.15, 0.2) is 0 Å². The van der Waals surface area contributed by atoms with Gasteiger partial charge in [-0.25, -0.2) is 0 Å². The Morgan fingerprint density at radius 1 is 1.36 bits per heavy atom. The number of pyridine rings is 1. The third kappa shape index (κ3) is 1.61. The summed E-state index contributed by atoms with van der Waals surface area (Å²) in [6.45, 7) is 2.08. The Balaban J connectivity index is 2.51. The van der Waals surface area contributed by atoms with Gasteiger partial charge in [0, 0.05) is 17.6 Å². The van der Waals surface area contributed by atoms with Gasteiger partial charge in [0.05, 0.1) is 5.52 Å². The van der Waals surface area contributed by atoms with Crippen LogP contribution in [0.1, 0.15) is 24.9 Å². The highest BCUT2D eigenvalue weighted by atomic mass is 14.7. The lowest BCUT2D eigenvalue weighted by Gasteiger charge is -2.08. The van der Waals surface area contributed by atoms with E-state index in [2.05, 4.69) is 24.0 Å². The number of para-hydroxylation sites is 1. The molecule has 0 radical (unpaired) electrons. The Labute approximate surface area is 83.8 Å². The molecule has 0 amide bonds. The second-order valence-electron chi connectivity index (χ2n) is 3.48. The summed E-state index contributed by atoms with van der Waals surface area (Å²) >= 11 is 0. The number of fused-ring (bicyclic) bond motifs is 1. The maximum absolute atomic E-state index is 5.95. The van der Waals surface area contributed by atoms with Crippen molar-refractivity contribution in [3.63, 3.8) is 0 Å². The van der Waals surface area contributed by atoms with Gasteiger partial charge in [-0.15, -0.1) is 0 Å². The number of rotatable bonds is 2. The maximum atomic E-state index is 5.95. The van der Waals surface area contributed by atoms with Gasteiger partial charge >= 0.3 is 0 Å². The van der Waals surface area contributed by atoms with Crippen LogP contribution in [-0.2, 0) is 0 Å². The number of nitrogens with two attached hydrogens (primary N) is 1. The van der Waals surface area contributed by atoms with Crippen molar-refractivity contribution < 1.29 is 0 Å². The van der Waals surface area contributed by atoms with Crippen molar-refractivity contribution >= 4 is 10.9 Å². The molecule has 2 nitrogen and oxygen atoms in total. The molecule has 0 fully saturated rings. The maximum Gasteiger partial charge on any atom is 0.0702 e. The molecule has 0 spiro atoms. The normalized spacial score (nSPS) is 13.0. The van der Waals surface area contributed by atoms with E-state index in [1.54, 1.807) is 0 Å². The van der Waals surface area contributed by atoms with Crippen LogP contribution in [0.5, 0.6) is 0 Å². The molecule has 14 heavy (non-hydrogen) atoms. The van der Waals surface area contributed by atoms with Gasteiger partial charge < -0.3 is 5.73 Å². The highest BCUT2D eigenvalue weighted by molar-refractivity contribution is 5.78. The smallest absolute Gasteiger partial charge is 0.0702 e. The number of hydrogen-bond acceptors (Lipinski definition) is 2. The fourth-order valence-corrected chi connectivity index (χ4v) is 1.53. The first-order valence-electron chi connectivity index (χ1n) is 4.91. The molecule has 1 heterocycles. The van der Waals surface area contributed by atoms with Crippen LogP contribution in [0.2, 0.25) is 0 Å². The molecular formula is C12H14N2. The third-order valence-electron chi connectivity index (χ3n) is 2.48. The number of benzene rings is 1. The van der Waals surface area contributed by atoms with E-state index >= 15 is 0 Å². The van der Waals surface area contributed by atoms with Gasteiger partial charge in [0.2, 0.25) is 0 Å². The van der Waals surface area contributed by atoms with Crippen LogP contribution < -0.4 is 5.73 Å². The van der Waals surface area contributed by atoms with Crippen LogP contribution in [0.3, 0.4) is 0 Å². The van der Waals surface area contributed by atoms with E-state index < -0.39 is 0 Å². The molecule has 0 aliphatic rings. The second-order valence-corrected chi connectivity index (χ2v) is 3.48. The van der Waals surface area contributed by atoms with E-state index in [1.165, 1.54) is 0 Å². The molecule has 0 saturated heterocycles. The minimum atomic E-state index is 0.104. The van der Waals surface area contributed by atoms with Crippen LogP contribution in [0, 0.1) is 0 Å². The molecule has 0 bridgehead atoms. The van der Waals surface area contributed by atoms with Crippen molar-refractivity contribution in [2.24, 2.45) is 5.73 Å². The minimum absolute atomic E-state index is 0.104. The van der Waals surface area contributed by atoms with Crippen molar-refractivity contribution in [1.82, 2.24) is 4.98 Å². The van der Waals surface area contributed by atoms with Gasteiger partial charge in [-0.2, -0.15) is 0 Å². The molecule has 0 saturated carbocycles. The van der Waals surface area contributed by atoms with Crippen LogP contribution in [-0.4, -0.2) is 4.98 Å². The quantitative estimate of drug-likeness (QED) is 0.783. The zero-order valence-electron chi connectivity index (χ0n) is 8.27. The molecule has 0 unspecified atom stereocenters. The van der Waals surface area contributed by atoms with Crippen molar-refractivity contribution in [2.75, 3.05) is 0 Å². The first-order valence-corrected chi connectivity index (χ1v) is 4.91. The Hall–Kier alpha value is -1.41. The van der Waals surface area contributed by atoms with Gasteiger partial charge in [0.1, 0.15) is 0 Å². The fourth-order valence-electron chi connectivity index (χ4n) is 1.53. The van der Waals surface area contributed by atoms with E-state index in [1.807, 2.05) is 24.4 Å². The third-order valence-corrected chi connectivity index (χ3v) is 2.48. The van der Waals surface area contributed by atoms with E-state index in [0.29, 0.717) is 0 Å². The molecule has 72 valence electrons. The van der Waals surface area contributed by atoms with Crippen LogP contribution >= 0.6 is 0 Å². The van der Waals surface area contributed by atoms with Crippen molar-refractivity contribution in [2.45, 2.75) is 19.4 Å². The number of nitrogens with zero attached hydrogens (tertiary/aromatic N) is 1. The molecule has 0 aliphatic carbocycles. The lowest BCUT2D eigenvalue weighted by Crippen LogP contribution is -2.08. The van der Waals surface area contributed by atoms with E-state index in [4.69, 9.17) is 5.73 Å². The summed E-state index contributed by atoms with van der Waals surface area (Å²) in [5.74, 6) is 0. The molecule has 2 N–H and O–H groups in total. The first kappa shape index (κ1) is 9.16. The first-order chi connectivity index (χ1) is 6.81. The Morgan fingerprint density at radius 3 is 2.93 bits per heavy atom. The highest BCUT2D eigenvalue weighted by Crippen LogP contribution is 2.18. The van der Waals surface area contributed by atoms with Crippen LogP contribution in [0.4, 0.5) is 0 Å².